The van der Waals surface area contributed by atoms with E-state index < -0.39 is 35.5 Å². The summed E-state index contributed by atoms with van der Waals surface area (Å²) < 4.78 is 32.6. The van der Waals surface area contributed by atoms with Gasteiger partial charge < -0.3 is 19.1 Å². The summed E-state index contributed by atoms with van der Waals surface area (Å²) in [4.78, 5) is 40.6. The molecule has 0 aromatic carbocycles. The van der Waals surface area contributed by atoms with E-state index >= 15 is 0 Å². The van der Waals surface area contributed by atoms with Crippen molar-refractivity contribution in [1.82, 2.24) is 14.5 Å². The first kappa shape index (κ1) is 25.6. The number of thiophene rings is 1. The maximum absolute atomic E-state index is 13.8. The lowest BCUT2D eigenvalue weighted by Crippen LogP contribution is -2.34. The van der Waals surface area contributed by atoms with Gasteiger partial charge in [-0.05, 0) is 25.2 Å². The second-order valence-corrected chi connectivity index (χ2v) is 9.32. The Hall–Kier alpha value is -2.05. The zero-order chi connectivity index (χ0) is 24.0. The first-order valence-electron chi connectivity index (χ1n) is 10.7. The fraction of sp³-hybridized carbons (Fsp3) is 0.571. The van der Waals surface area contributed by atoms with Gasteiger partial charge in [-0.1, -0.05) is 25.4 Å². The van der Waals surface area contributed by atoms with E-state index in [0.29, 0.717) is 10.9 Å². The predicted molar refractivity (Wildman–Crippen MR) is 121 cm³/mol. The molecule has 182 valence electrons. The monoisotopic (exact) mass is 503 g/mol. The molecule has 1 aliphatic rings. The van der Waals surface area contributed by atoms with Crippen molar-refractivity contribution in [1.29, 1.82) is 0 Å². The first-order valence-corrected chi connectivity index (χ1v) is 11.9. The van der Waals surface area contributed by atoms with Gasteiger partial charge in [0.25, 0.3) is 5.56 Å². The van der Waals surface area contributed by atoms with E-state index in [1.54, 1.807) is 6.07 Å². The lowest BCUT2D eigenvalue weighted by atomic mass is 10.2. The summed E-state index contributed by atoms with van der Waals surface area (Å²) in [5.41, 5.74) is -1.90. The minimum Gasteiger partial charge on any atom is -0.463 e. The molecule has 33 heavy (non-hydrogen) atoms. The summed E-state index contributed by atoms with van der Waals surface area (Å²) in [6.07, 6.45) is -0.855. The summed E-state index contributed by atoms with van der Waals surface area (Å²) >= 11 is 7.34. The Morgan fingerprint density at radius 1 is 1.36 bits per heavy atom. The van der Waals surface area contributed by atoms with Crippen LogP contribution in [0.1, 0.15) is 37.8 Å². The Labute approximate surface area is 199 Å². The third-order valence-electron chi connectivity index (χ3n) is 5.42. The van der Waals surface area contributed by atoms with Crippen molar-refractivity contribution >= 4 is 28.9 Å². The molecular weight excluding hydrogens is 477 g/mol. The number of ether oxygens (including phenoxy) is 3. The van der Waals surface area contributed by atoms with Gasteiger partial charge in [0.2, 0.25) is 5.82 Å². The third kappa shape index (κ3) is 6.97. The van der Waals surface area contributed by atoms with Gasteiger partial charge >= 0.3 is 11.7 Å². The number of rotatable bonds is 11. The largest absolute Gasteiger partial charge is 0.463 e. The van der Waals surface area contributed by atoms with Crippen molar-refractivity contribution in [3.8, 4) is 0 Å². The zero-order valence-electron chi connectivity index (χ0n) is 18.4. The van der Waals surface area contributed by atoms with Gasteiger partial charge in [0.15, 0.2) is 0 Å². The average Bonchev–Trinajstić information content (AvgIpc) is 3.39. The molecule has 0 spiro atoms. The molecule has 0 saturated carbocycles. The lowest BCUT2D eigenvalue weighted by molar-refractivity contribution is -0.151. The van der Waals surface area contributed by atoms with Crippen LogP contribution in [-0.2, 0) is 25.6 Å². The van der Waals surface area contributed by atoms with Crippen LogP contribution in [0.25, 0.3) is 0 Å². The molecule has 3 heterocycles. The topological polar surface area (TPSA) is 103 Å². The Kier molecular flexibility index (Phi) is 9.21. The SMILES string of the molecule is CCN(CC)CCC(=O)OC[C@H]1O[C@@H](n2cc(F)c(=O)[nH]c2=O)C[C@@H]1OCc1ccc(Cl)s1. The van der Waals surface area contributed by atoms with Crippen LogP contribution in [0.2, 0.25) is 4.34 Å². The fourth-order valence-electron chi connectivity index (χ4n) is 3.53. The van der Waals surface area contributed by atoms with Crippen molar-refractivity contribution in [2.75, 3.05) is 26.2 Å². The van der Waals surface area contributed by atoms with Gasteiger partial charge in [-0.25, -0.2) is 4.79 Å². The number of esters is 1. The highest BCUT2D eigenvalue weighted by Crippen LogP contribution is 2.32. The van der Waals surface area contributed by atoms with E-state index in [1.165, 1.54) is 11.3 Å². The summed E-state index contributed by atoms with van der Waals surface area (Å²) in [6.45, 7) is 6.47. The van der Waals surface area contributed by atoms with E-state index in [9.17, 15) is 18.8 Å². The van der Waals surface area contributed by atoms with Crippen LogP contribution in [0.5, 0.6) is 0 Å². The molecule has 0 unspecified atom stereocenters. The Morgan fingerprint density at radius 3 is 2.79 bits per heavy atom. The van der Waals surface area contributed by atoms with Crippen LogP contribution in [0, 0.1) is 5.82 Å². The predicted octanol–water partition coefficient (Wildman–Crippen LogP) is 2.54. The standard InChI is InChI=1S/C21H27ClFN3O6S/c1-3-25(4-2)8-7-19(27)31-12-16-15(30-11-13-5-6-17(22)33-13)9-18(32-16)26-10-14(23)20(28)24-21(26)29/h5-6,10,15-16,18H,3-4,7-9,11-12H2,1-2H3,(H,24,28,29)/t15-,16+,18+/m0/s1. The lowest BCUT2D eigenvalue weighted by Gasteiger charge is -2.20. The van der Waals surface area contributed by atoms with Crippen LogP contribution >= 0.6 is 22.9 Å². The number of aromatic amines is 1. The molecule has 2 aromatic rings. The molecule has 3 atom stereocenters. The third-order valence-corrected chi connectivity index (χ3v) is 6.62. The first-order chi connectivity index (χ1) is 15.8. The van der Waals surface area contributed by atoms with Crippen LogP contribution in [0.4, 0.5) is 4.39 Å². The molecule has 1 saturated heterocycles. The minimum absolute atomic E-state index is 0.0793. The van der Waals surface area contributed by atoms with E-state index in [2.05, 4.69) is 4.90 Å². The molecular formula is C21H27ClFN3O6S. The maximum atomic E-state index is 13.8. The second kappa shape index (κ2) is 11.9. The van der Waals surface area contributed by atoms with Gasteiger partial charge in [-0.2, -0.15) is 4.39 Å². The minimum atomic E-state index is -1.10. The van der Waals surface area contributed by atoms with Crippen molar-refractivity contribution in [3.05, 3.63) is 54.2 Å². The zero-order valence-corrected chi connectivity index (χ0v) is 20.0. The average molecular weight is 504 g/mol. The van der Waals surface area contributed by atoms with Crippen LogP contribution in [-0.4, -0.2) is 58.9 Å². The number of hydrogen-bond acceptors (Lipinski definition) is 8. The summed E-state index contributed by atoms with van der Waals surface area (Å²) in [7, 11) is 0. The highest BCUT2D eigenvalue weighted by Gasteiger charge is 2.38. The second-order valence-electron chi connectivity index (χ2n) is 7.52. The fourth-order valence-corrected chi connectivity index (χ4v) is 4.54. The van der Waals surface area contributed by atoms with Crippen molar-refractivity contribution < 1.29 is 23.4 Å². The number of nitrogens with one attached hydrogen (secondary N) is 1. The normalized spacial score (nSPS) is 20.5. The quantitative estimate of drug-likeness (QED) is 0.470. The Morgan fingerprint density at radius 2 is 2.12 bits per heavy atom. The number of H-pyrrole nitrogens is 1. The number of nitrogens with zero attached hydrogens (tertiary/aromatic N) is 2. The van der Waals surface area contributed by atoms with Gasteiger partial charge in [0, 0.05) is 17.8 Å². The highest BCUT2D eigenvalue weighted by atomic mass is 35.5. The van der Waals surface area contributed by atoms with E-state index in [1.807, 2.05) is 24.9 Å². The number of aromatic nitrogens is 2. The van der Waals surface area contributed by atoms with Gasteiger partial charge in [0.05, 0.1) is 29.7 Å². The van der Waals surface area contributed by atoms with Gasteiger partial charge in [-0.3, -0.25) is 19.1 Å². The van der Waals surface area contributed by atoms with E-state index in [-0.39, 0.29) is 32.0 Å². The number of hydrogen-bond donors (Lipinski definition) is 1. The molecule has 1 N–H and O–H groups in total. The summed E-state index contributed by atoms with van der Waals surface area (Å²) in [5.74, 6) is -1.47. The molecule has 12 heteroatoms. The Bertz CT molecular complexity index is 1050. The van der Waals surface area contributed by atoms with Crippen molar-refractivity contribution in [2.24, 2.45) is 0 Å². The van der Waals surface area contributed by atoms with Gasteiger partial charge in [-0.15, -0.1) is 11.3 Å². The smallest absolute Gasteiger partial charge is 0.330 e. The molecule has 1 aliphatic heterocycles. The van der Waals surface area contributed by atoms with Gasteiger partial charge in [0.1, 0.15) is 18.9 Å². The van der Waals surface area contributed by atoms with Crippen molar-refractivity contribution in [2.45, 2.75) is 51.7 Å². The van der Waals surface area contributed by atoms with Crippen LogP contribution < -0.4 is 11.2 Å². The molecule has 9 nitrogen and oxygen atoms in total. The summed E-state index contributed by atoms with van der Waals surface area (Å²) in [6, 6.07) is 3.60. The summed E-state index contributed by atoms with van der Waals surface area (Å²) in [5, 5.41) is 0. The van der Waals surface area contributed by atoms with E-state index in [0.717, 1.165) is 28.7 Å². The maximum Gasteiger partial charge on any atom is 0.330 e. The van der Waals surface area contributed by atoms with E-state index in [4.69, 9.17) is 25.8 Å². The number of carbonyl (C=O) groups excluding carboxylic acids is 1. The molecule has 0 radical (unpaired) electrons. The number of carbonyl (C=O) groups is 1. The molecule has 3 rings (SSSR count). The number of halogens is 2. The van der Waals surface area contributed by atoms with Crippen LogP contribution in [0.15, 0.2) is 27.9 Å². The highest BCUT2D eigenvalue weighted by molar-refractivity contribution is 7.16. The Balaban J connectivity index is 1.66. The molecule has 0 aliphatic carbocycles. The molecule has 1 fully saturated rings. The van der Waals surface area contributed by atoms with Crippen LogP contribution in [0.3, 0.4) is 0 Å². The molecule has 0 amide bonds. The molecule has 0 bridgehead atoms. The van der Waals surface area contributed by atoms with Crippen molar-refractivity contribution in [3.63, 3.8) is 0 Å². The molecule has 2 aromatic heterocycles.